The number of likely N-dealkylation sites (tertiary alicyclic amines) is 1. The Bertz CT molecular complexity index is 270. The van der Waals surface area contributed by atoms with Crippen LogP contribution in [0.4, 0.5) is 0 Å². The standard InChI is InChI=1S/C13H25N3O/c1-16-7-2-4-11(9-16)8-15-12(17)13(10-14)5-3-6-13/h11H,2-10,14H2,1H3,(H,15,17). The molecule has 17 heavy (non-hydrogen) atoms. The van der Waals surface area contributed by atoms with E-state index in [0.29, 0.717) is 12.5 Å². The van der Waals surface area contributed by atoms with Crippen LogP contribution in [0.3, 0.4) is 0 Å². The molecule has 1 atom stereocenters. The molecule has 0 bridgehead atoms. The van der Waals surface area contributed by atoms with E-state index < -0.39 is 0 Å². The Kier molecular flexibility index (Phi) is 4.05. The summed E-state index contributed by atoms with van der Waals surface area (Å²) in [6.07, 6.45) is 5.58. The Morgan fingerprint density at radius 2 is 2.24 bits per heavy atom. The van der Waals surface area contributed by atoms with Crippen molar-refractivity contribution in [3.05, 3.63) is 0 Å². The van der Waals surface area contributed by atoms with Gasteiger partial charge in [0.2, 0.25) is 5.91 Å². The van der Waals surface area contributed by atoms with Gasteiger partial charge < -0.3 is 16.0 Å². The summed E-state index contributed by atoms with van der Waals surface area (Å²) >= 11 is 0. The van der Waals surface area contributed by atoms with Crippen molar-refractivity contribution in [2.24, 2.45) is 17.1 Å². The highest BCUT2D eigenvalue weighted by Gasteiger charge is 2.42. The number of amides is 1. The largest absolute Gasteiger partial charge is 0.355 e. The predicted octanol–water partition coefficient (Wildman–Crippen LogP) is 0.573. The van der Waals surface area contributed by atoms with Crippen molar-refractivity contribution in [1.82, 2.24) is 10.2 Å². The van der Waals surface area contributed by atoms with Crippen molar-refractivity contribution in [3.8, 4) is 0 Å². The Morgan fingerprint density at radius 1 is 1.47 bits per heavy atom. The number of hydrogen-bond acceptors (Lipinski definition) is 3. The average Bonchev–Trinajstić information content (AvgIpc) is 2.26. The van der Waals surface area contributed by atoms with Crippen LogP contribution in [0.2, 0.25) is 0 Å². The lowest BCUT2D eigenvalue weighted by Gasteiger charge is -2.39. The van der Waals surface area contributed by atoms with Crippen molar-refractivity contribution >= 4 is 5.91 Å². The topological polar surface area (TPSA) is 58.4 Å². The fourth-order valence-electron chi connectivity index (χ4n) is 2.99. The molecule has 0 aromatic rings. The van der Waals surface area contributed by atoms with Crippen molar-refractivity contribution in [1.29, 1.82) is 0 Å². The van der Waals surface area contributed by atoms with Crippen LogP contribution in [0.15, 0.2) is 0 Å². The van der Waals surface area contributed by atoms with E-state index in [9.17, 15) is 4.79 Å². The second-order valence-electron chi connectivity index (χ2n) is 5.82. The maximum absolute atomic E-state index is 12.1. The van der Waals surface area contributed by atoms with E-state index in [-0.39, 0.29) is 11.3 Å². The van der Waals surface area contributed by atoms with Crippen LogP contribution in [0, 0.1) is 11.3 Å². The molecular formula is C13H25N3O. The molecule has 2 aliphatic rings. The van der Waals surface area contributed by atoms with Crippen LogP contribution in [0.5, 0.6) is 0 Å². The first-order valence-corrected chi connectivity index (χ1v) is 6.83. The Labute approximate surface area is 104 Å². The van der Waals surface area contributed by atoms with Gasteiger partial charge in [0.25, 0.3) is 0 Å². The van der Waals surface area contributed by atoms with Gasteiger partial charge in [-0.1, -0.05) is 6.42 Å². The fourth-order valence-corrected chi connectivity index (χ4v) is 2.99. The highest BCUT2D eigenvalue weighted by atomic mass is 16.2. The molecule has 4 heteroatoms. The van der Waals surface area contributed by atoms with E-state index in [0.717, 1.165) is 32.4 Å². The van der Waals surface area contributed by atoms with E-state index in [1.807, 2.05) is 0 Å². The van der Waals surface area contributed by atoms with Crippen LogP contribution >= 0.6 is 0 Å². The molecule has 1 aliphatic heterocycles. The Hall–Kier alpha value is -0.610. The average molecular weight is 239 g/mol. The molecule has 1 saturated carbocycles. The number of hydrogen-bond donors (Lipinski definition) is 2. The van der Waals surface area contributed by atoms with E-state index in [4.69, 9.17) is 5.73 Å². The van der Waals surface area contributed by atoms with Gasteiger partial charge in [0.15, 0.2) is 0 Å². The lowest BCUT2D eigenvalue weighted by Crippen LogP contribution is -2.51. The third kappa shape index (κ3) is 2.80. The molecule has 1 amide bonds. The second kappa shape index (κ2) is 5.36. The number of nitrogens with one attached hydrogen (secondary N) is 1. The van der Waals surface area contributed by atoms with Crippen molar-refractivity contribution in [2.75, 3.05) is 33.2 Å². The van der Waals surface area contributed by atoms with Gasteiger partial charge in [0, 0.05) is 19.6 Å². The number of nitrogens with zero attached hydrogens (tertiary/aromatic N) is 1. The van der Waals surface area contributed by atoms with Gasteiger partial charge in [0.1, 0.15) is 0 Å². The number of nitrogens with two attached hydrogens (primary N) is 1. The minimum Gasteiger partial charge on any atom is -0.355 e. The van der Waals surface area contributed by atoms with Crippen molar-refractivity contribution in [2.45, 2.75) is 32.1 Å². The Balaban J connectivity index is 1.75. The highest BCUT2D eigenvalue weighted by Crippen LogP contribution is 2.40. The molecule has 1 aliphatic carbocycles. The molecular weight excluding hydrogens is 214 g/mol. The SMILES string of the molecule is CN1CCCC(CNC(=O)C2(CN)CCC2)C1. The molecule has 1 heterocycles. The van der Waals surface area contributed by atoms with Crippen molar-refractivity contribution < 1.29 is 4.79 Å². The lowest BCUT2D eigenvalue weighted by molar-refractivity contribution is -0.135. The zero-order valence-corrected chi connectivity index (χ0v) is 10.9. The number of rotatable bonds is 4. The molecule has 98 valence electrons. The van der Waals surface area contributed by atoms with E-state index in [2.05, 4.69) is 17.3 Å². The van der Waals surface area contributed by atoms with Crippen LogP contribution in [-0.2, 0) is 4.79 Å². The third-order valence-electron chi connectivity index (χ3n) is 4.46. The van der Waals surface area contributed by atoms with E-state index >= 15 is 0 Å². The van der Waals surface area contributed by atoms with Gasteiger partial charge in [-0.2, -0.15) is 0 Å². The summed E-state index contributed by atoms with van der Waals surface area (Å²) in [6, 6.07) is 0. The van der Waals surface area contributed by atoms with Gasteiger partial charge in [-0.3, -0.25) is 4.79 Å². The number of carbonyl (C=O) groups is 1. The van der Waals surface area contributed by atoms with E-state index in [1.165, 1.54) is 19.4 Å². The van der Waals surface area contributed by atoms with Crippen LogP contribution in [-0.4, -0.2) is 44.0 Å². The number of carbonyl (C=O) groups excluding carboxylic acids is 1. The predicted molar refractivity (Wildman–Crippen MR) is 68.6 cm³/mol. The first-order chi connectivity index (χ1) is 8.16. The maximum atomic E-state index is 12.1. The molecule has 0 spiro atoms. The fraction of sp³-hybridized carbons (Fsp3) is 0.923. The van der Waals surface area contributed by atoms with Gasteiger partial charge >= 0.3 is 0 Å². The van der Waals surface area contributed by atoms with Crippen molar-refractivity contribution in [3.63, 3.8) is 0 Å². The molecule has 4 nitrogen and oxygen atoms in total. The molecule has 1 saturated heterocycles. The summed E-state index contributed by atoms with van der Waals surface area (Å²) in [5.74, 6) is 0.812. The maximum Gasteiger partial charge on any atom is 0.227 e. The van der Waals surface area contributed by atoms with Gasteiger partial charge in [0.05, 0.1) is 5.41 Å². The lowest BCUT2D eigenvalue weighted by atomic mass is 9.68. The van der Waals surface area contributed by atoms with Gasteiger partial charge in [-0.15, -0.1) is 0 Å². The van der Waals surface area contributed by atoms with Gasteiger partial charge in [-0.05, 0) is 45.2 Å². The second-order valence-corrected chi connectivity index (χ2v) is 5.82. The molecule has 0 radical (unpaired) electrons. The zero-order chi connectivity index (χ0) is 12.3. The summed E-state index contributed by atoms with van der Waals surface area (Å²) in [5.41, 5.74) is 5.51. The summed E-state index contributed by atoms with van der Waals surface area (Å²) in [6.45, 7) is 3.63. The van der Waals surface area contributed by atoms with Crippen LogP contribution in [0.1, 0.15) is 32.1 Å². The molecule has 0 aromatic heterocycles. The minimum atomic E-state index is -0.222. The smallest absolute Gasteiger partial charge is 0.227 e. The quantitative estimate of drug-likeness (QED) is 0.754. The monoisotopic (exact) mass is 239 g/mol. The first kappa shape index (κ1) is 12.8. The zero-order valence-electron chi connectivity index (χ0n) is 10.9. The molecule has 0 aromatic carbocycles. The molecule has 3 N–H and O–H groups in total. The van der Waals surface area contributed by atoms with Crippen LogP contribution in [0.25, 0.3) is 0 Å². The Morgan fingerprint density at radius 3 is 2.76 bits per heavy atom. The molecule has 2 rings (SSSR count). The minimum absolute atomic E-state index is 0.194. The number of piperidine rings is 1. The summed E-state index contributed by atoms with van der Waals surface area (Å²) in [7, 11) is 2.15. The molecule has 2 fully saturated rings. The summed E-state index contributed by atoms with van der Waals surface area (Å²) < 4.78 is 0. The summed E-state index contributed by atoms with van der Waals surface area (Å²) in [5, 5.41) is 3.12. The van der Waals surface area contributed by atoms with Crippen LogP contribution < -0.4 is 11.1 Å². The highest BCUT2D eigenvalue weighted by molar-refractivity contribution is 5.83. The normalized spacial score (nSPS) is 28.5. The van der Waals surface area contributed by atoms with E-state index in [1.54, 1.807) is 0 Å². The van der Waals surface area contributed by atoms with Gasteiger partial charge in [-0.25, -0.2) is 0 Å². The summed E-state index contributed by atoms with van der Waals surface area (Å²) in [4.78, 5) is 14.4. The first-order valence-electron chi connectivity index (χ1n) is 6.83. The molecule has 1 unspecified atom stereocenters. The third-order valence-corrected chi connectivity index (χ3v) is 4.46.